The van der Waals surface area contributed by atoms with Crippen molar-refractivity contribution < 1.29 is 62.8 Å². The third-order valence-corrected chi connectivity index (χ3v) is 13.1. The Morgan fingerprint density at radius 3 is 2.33 bits per heavy atom. The van der Waals surface area contributed by atoms with Gasteiger partial charge in [0.05, 0.1) is 43.6 Å². The first-order valence-corrected chi connectivity index (χ1v) is 22.4. The first-order valence-electron chi connectivity index (χ1n) is 22.4. The molecule has 5 N–H and O–H groups in total. The van der Waals surface area contributed by atoms with Crippen molar-refractivity contribution in [2.24, 2.45) is 23.7 Å². The number of esters is 1. The molecule has 1 aromatic carbocycles. The van der Waals surface area contributed by atoms with E-state index in [2.05, 4.69) is 10.3 Å². The molecule has 0 amide bonds. The van der Waals surface area contributed by atoms with Crippen molar-refractivity contribution in [3.8, 4) is 11.3 Å². The van der Waals surface area contributed by atoms with E-state index in [-0.39, 0.29) is 24.9 Å². The van der Waals surface area contributed by atoms with Crippen LogP contribution in [0, 0.1) is 23.7 Å². The Morgan fingerprint density at radius 1 is 0.938 bits per heavy atom. The van der Waals surface area contributed by atoms with Crippen molar-refractivity contribution in [2.75, 3.05) is 40.7 Å². The zero-order chi connectivity index (χ0) is 46.4. The maximum absolute atomic E-state index is 14.0. The first kappa shape index (κ1) is 49.8. The van der Waals surface area contributed by atoms with Crippen LogP contribution in [0.15, 0.2) is 54.3 Å². The number of methoxy groups -OCH3 is 2. The van der Waals surface area contributed by atoms with Crippen LogP contribution in [0.4, 0.5) is 5.69 Å². The number of aliphatic hydroxyl groups is 3. The molecule has 3 fully saturated rings. The Hall–Kier alpha value is -3.66. The van der Waals surface area contributed by atoms with Gasteiger partial charge in [-0.3, -0.25) is 14.3 Å². The molecule has 3 saturated heterocycles. The van der Waals surface area contributed by atoms with E-state index in [9.17, 15) is 24.9 Å². The number of hydrogen-bond donors (Lipinski definition) is 4. The molecule has 5 heterocycles. The van der Waals surface area contributed by atoms with Gasteiger partial charge in [-0.15, -0.1) is 5.10 Å². The standard InChI is InChI=1S/C46H69N5O13/c1-10-35-30(23-59-45-43(58-9)42(57-8)38(55)27(5)60-45)19-24(2)11-16-33(52)25(3)20-29(17-18-51-22-32(48-49-51)28-12-14-31(47)15-13-28)40(26(4)34(53)21-36(54)61-35)62-44-39(56)37(50(6)7)41-46(63-41)64-44/h11-16,19,22,25-27,29-30,34-35,37-46,53,55-56H,10,17-18,20-21,23,47H2,1-9H3/b16-11+,24-19+/t25-,26+,27?,29+,30-,34-,35-,37?,38-,39?,40-,41+,42+,43?,44-,45-,46+/m1/s1. The highest BCUT2D eigenvalue weighted by atomic mass is 16.8. The SMILES string of the molecule is CC[C@H]1OC(=O)C[C@@H](O)[C@H](C)[C@@H](O[C@@H]2O[C@@H]3O[C@H]3C(N(C)C)C2O)[C@@H](CCn2cc(-c3ccc(N)cc3)nn2)C[C@@H](C)C(=O)/C=C/C(C)=C/[C@@H]1CO[C@@H]1OC(C)[C@@H](O)[C@H](OC)C1OC. The summed E-state index contributed by atoms with van der Waals surface area (Å²) >= 11 is 0. The van der Waals surface area contributed by atoms with Crippen LogP contribution in [0.5, 0.6) is 0 Å². The van der Waals surface area contributed by atoms with Gasteiger partial charge in [0.2, 0.25) is 0 Å². The molecule has 0 radical (unpaired) electrons. The summed E-state index contributed by atoms with van der Waals surface area (Å²) in [6, 6.07) is 6.92. The molecule has 18 heteroatoms. The van der Waals surface area contributed by atoms with Gasteiger partial charge in [0, 0.05) is 49.8 Å². The summed E-state index contributed by atoms with van der Waals surface area (Å²) in [6.07, 6.45) is -2.08. The topological polar surface area (TPSA) is 232 Å². The number of fused-ring (bicyclic) bond motifs is 1. The van der Waals surface area contributed by atoms with Crippen LogP contribution in [-0.2, 0) is 54.0 Å². The van der Waals surface area contributed by atoms with Crippen molar-refractivity contribution in [2.45, 2.75) is 147 Å². The Balaban J connectivity index is 1.29. The van der Waals surface area contributed by atoms with Crippen LogP contribution in [-0.4, -0.2) is 162 Å². The maximum Gasteiger partial charge on any atom is 0.308 e. The second-order valence-corrected chi connectivity index (χ2v) is 18.0. The molecule has 4 unspecified atom stereocenters. The summed E-state index contributed by atoms with van der Waals surface area (Å²) < 4.78 is 50.0. The summed E-state index contributed by atoms with van der Waals surface area (Å²) in [6.45, 7) is 9.50. The van der Waals surface area contributed by atoms with Crippen LogP contribution in [0.1, 0.15) is 60.3 Å². The molecule has 6 rings (SSSR count). The summed E-state index contributed by atoms with van der Waals surface area (Å²) in [4.78, 5) is 29.8. The van der Waals surface area contributed by atoms with E-state index in [1.807, 2.05) is 64.2 Å². The van der Waals surface area contributed by atoms with Gasteiger partial charge in [-0.25, -0.2) is 0 Å². The minimum atomic E-state index is -1.26. The number of epoxide rings is 1. The van der Waals surface area contributed by atoms with Crippen LogP contribution in [0.2, 0.25) is 0 Å². The summed E-state index contributed by atoms with van der Waals surface area (Å²) in [7, 11) is 6.66. The van der Waals surface area contributed by atoms with Gasteiger partial charge in [-0.05, 0) is 71.3 Å². The number of aliphatic hydroxyl groups excluding tert-OH is 3. The lowest BCUT2D eigenvalue weighted by atomic mass is 9.79. The van der Waals surface area contributed by atoms with E-state index >= 15 is 0 Å². The van der Waals surface area contributed by atoms with E-state index in [1.165, 1.54) is 14.2 Å². The predicted molar refractivity (Wildman–Crippen MR) is 233 cm³/mol. The minimum absolute atomic E-state index is 0.0259. The van der Waals surface area contributed by atoms with Gasteiger partial charge >= 0.3 is 5.97 Å². The molecular weight excluding hydrogens is 831 g/mol. The van der Waals surface area contributed by atoms with Crippen molar-refractivity contribution in [3.05, 3.63) is 54.3 Å². The van der Waals surface area contributed by atoms with Crippen LogP contribution in [0.25, 0.3) is 11.3 Å². The zero-order valence-corrected chi connectivity index (χ0v) is 38.5. The second-order valence-electron chi connectivity index (χ2n) is 18.0. The molecule has 18 nitrogen and oxygen atoms in total. The summed E-state index contributed by atoms with van der Waals surface area (Å²) in [5, 5.41) is 43.0. The number of carbonyl (C=O) groups is 2. The third-order valence-electron chi connectivity index (χ3n) is 13.1. The number of aryl methyl sites for hydroxylation is 1. The molecule has 0 aliphatic carbocycles. The molecule has 0 bridgehead atoms. The Kier molecular flexibility index (Phi) is 17.3. The molecule has 0 saturated carbocycles. The highest BCUT2D eigenvalue weighted by Gasteiger charge is 2.58. The largest absolute Gasteiger partial charge is 0.462 e. The number of anilines is 1. The average Bonchev–Trinajstić information content (AvgIpc) is 3.87. The molecule has 2 aromatic rings. The molecule has 4 aliphatic rings. The fraction of sp³-hybridized carbons (Fsp3) is 0.696. The van der Waals surface area contributed by atoms with E-state index in [0.29, 0.717) is 37.2 Å². The fourth-order valence-electron chi connectivity index (χ4n) is 9.18. The number of carbonyl (C=O) groups excluding carboxylic acids is 2. The number of nitrogen functional groups attached to an aromatic ring is 1. The number of rotatable bonds is 13. The summed E-state index contributed by atoms with van der Waals surface area (Å²) in [5.41, 5.74) is 8.78. The maximum atomic E-state index is 14.0. The number of benzene rings is 1. The van der Waals surface area contributed by atoms with Crippen molar-refractivity contribution in [1.82, 2.24) is 19.9 Å². The van der Waals surface area contributed by atoms with E-state index < -0.39 is 103 Å². The van der Waals surface area contributed by atoms with Crippen LogP contribution < -0.4 is 5.73 Å². The third kappa shape index (κ3) is 12.0. The van der Waals surface area contributed by atoms with E-state index in [0.717, 1.165) is 11.1 Å². The lowest BCUT2D eigenvalue weighted by molar-refractivity contribution is -0.304. The number of aromatic nitrogens is 3. The number of ketones is 1. The van der Waals surface area contributed by atoms with Gasteiger partial charge in [0.1, 0.15) is 42.3 Å². The van der Waals surface area contributed by atoms with Crippen molar-refractivity contribution in [1.29, 1.82) is 0 Å². The monoisotopic (exact) mass is 899 g/mol. The Morgan fingerprint density at radius 2 is 1.66 bits per heavy atom. The van der Waals surface area contributed by atoms with Crippen LogP contribution in [0.3, 0.4) is 0 Å². The highest BCUT2D eigenvalue weighted by Crippen LogP contribution is 2.41. The lowest BCUT2D eigenvalue weighted by Crippen LogP contribution is -2.59. The highest BCUT2D eigenvalue weighted by molar-refractivity contribution is 5.91. The molecule has 0 spiro atoms. The summed E-state index contributed by atoms with van der Waals surface area (Å²) in [5.74, 6) is -2.91. The molecule has 4 aliphatic heterocycles. The van der Waals surface area contributed by atoms with E-state index in [1.54, 1.807) is 42.8 Å². The average molecular weight is 900 g/mol. The quantitative estimate of drug-likeness (QED) is 0.129. The predicted octanol–water partition coefficient (Wildman–Crippen LogP) is 2.88. The lowest BCUT2D eigenvalue weighted by Gasteiger charge is -2.42. The number of nitrogens with two attached hydrogens (primary N) is 1. The fourth-order valence-corrected chi connectivity index (χ4v) is 9.18. The number of ether oxygens (including phenoxy) is 8. The van der Waals surface area contributed by atoms with Gasteiger partial charge in [-0.1, -0.05) is 55.8 Å². The Bertz CT molecular complexity index is 1890. The smallest absolute Gasteiger partial charge is 0.308 e. The number of cyclic esters (lactones) is 1. The number of likely N-dealkylation sites (N-methyl/N-ethyl adjacent to an activating group) is 1. The minimum Gasteiger partial charge on any atom is -0.462 e. The van der Waals surface area contributed by atoms with Gasteiger partial charge in [0.15, 0.2) is 24.7 Å². The number of allylic oxidation sites excluding steroid dienone is 3. The van der Waals surface area contributed by atoms with Gasteiger partial charge in [-0.2, -0.15) is 0 Å². The number of hydrogen-bond acceptors (Lipinski definition) is 17. The molecular formula is C46H69N5O13. The van der Waals surface area contributed by atoms with Crippen LogP contribution >= 0.6 is 0 Å². The second kappa shape index (κ2) is 22.2. The normalized spacial score (nSPS) is 39.1. The van der Waals surface area contributed by atoms with Crippen molar-refractivity contribution in [3.63, 3.8) is 0 Å². The number of nitrogens with zero attached hydrogens (tertiary/aromatic N) is 4. The molecule has 17 atom stereocenters. The van der Waals surface area contributed by atoms with Gasteiger partial charge < -0.3 is 63.8 Å². The van der Waals surface area contributed by atoms with E-state index in [4.69, 9.17) is 43.6 Å². The first-order chi connectivity index (χ1) is 30.5. The molecule has 356 valence electrons. The molecule has 1 aromatic heterocycles. The van der Waals surface area contributed by atoms with Crippen molar-refractivity contribution >= 4 is 17.4 Å². The Labute approximate surface area is 375 Å². The zero-order valence-electron chi connectivity index (χ0n) is 38.5. The van der Waals surface area contributed by atoms with Gasteiger partial charge in [0.25, 0.3) is 0 Å². The molecule has 64 heavy (non-hydrogen) atoms.